The van der Waals surface area contributed by atoms with E-state index in [0.717, 1.165) is 34.1 Å². The maximum Gasteiger partial charge on any atom is 0.0567 e. The van der Waals surface area contributed by atoms with Crippen molar-refractivity contribution in [2.24, 2.45) is 0 Å². The van der Waals surface area contributed by atoms with E-state index >= 15 is 0 Å². The Labute approximate surface area is 386 Å². The van der Waals surface area contributed by atoms with Gasteiger partial charge in [0, 0.05) is 44.7 Å². The van der Waals surface area contributed by atoms with Crippen LogP contribution >= 0.6 is 0 Å². The second-order valence-electron chi connectivity index (χ2n) is 19.3. The Balaban J connectivity index is 1.04. The van der Waals surface area contributed by atoms with Crippen molar-refractivity contribution < 1.29 is 0 Å². The molecule has 0 spiro atoms. The van der Waals surface area contributed by atoms with Gasteiger partial charge in [-0.05, 0) is 143 Å². The van der Waals surface area contributed by atoms with Crippen LogP contribution in [0.3, 0.4) is 0 Å². The molecule has 2 aliphatic rings. The van der Waals surface area contributed by atoms with Gasteiger partial charge in [-0.3, -0.25) is 0 Å². The van der Waals surface area contributed by atoms with Crippen molar-refractivity contribution >= 4 is 77.2 Å². The molecule has 314 valence electrons. The van der Waals surface area contributed by atoms with Gasteiger partial charge in [-0.2, -0.15) is 0 Å². The highest BCUT2D eigenvalue weighted by Crippen LogP contribution is 2.54. The number of rotatable bonds is 6. The Kier molecular flexibility index (Phi) is 8.33. The first kappa shape index (κ1) is 38.5. The molecule has 0 aliphatic heterocycles. The van der Waals surface area contributed by atoms with Gasteiger partial charge >= 0.3 is 0 Å². The number of benzene rings is 11. The molecule has 0 radical (unpaired) electrons. The maximum atomic E-state index is 2.48. The molecule has 0 atom stereocenters. The van der Waals surface area contributed by atoms with Crippen molar-refractivity contribution in [2.45, 2.75) is 38.5 Å². The standard InChI is InChI=1S/C64H48N2/c1-63(2)57-25-15-13-23-53(57)55-33-29-42-37-47(31-35-51(42)61(55)63)65(45-18-7-5-8-19-45)49-39-44-28-27-41-17-11-12-22-50(41)60(44)59(40-49)66(46-20-9-6-10-21-46)48-32-36-52-43(38-48)30-34-56-54-24-14-16-26-58(54)64(3,4)62(52)56/h5-40H,1-4H3. The minimum atomic E-state index is -0.111. The molecule has 2 aliphatic carbocycles. The molecule has 0 fully saturated rings. The van der Waals surface area contributed by atoms with Gasteiger partial charge in [0.2, 0.25) is 0 Å². The predicted molar refractivity (Wildman–Crippen MR) is 281 cm³/mol. The monoisotopic (exact) mass is 844 g/mol. The van der Waals surface area contributed by atoms with Crippen LogP contribution in [0.25, 0.3) is 65.3 Å². The van der Waals surface area contributed by atoms with Crippen LogP contribution in [0.4, 0.5) is 34.1 Å². The first-order chi connectivity index (χ1) is 32.3. The van der Waals surface area contributed by atoms with Crippen LogP contribution in [0.5, 0.6) is 0 Å². The highest BCUT2D eigenvalue weighted by atomic mass is 15.2. The van der Waals surface area contributed by atoms with Crippen LogP contribution in [-0.2, 0) is 10.8 Å². The molecule has 2 nitrogen and oxygen atoms in total. The number of hydrogen-bond donors (Lipinski definition) is 0. The zero-order valence-electron chi connectivity index (χ0n) is 37.7. The van der Waals surface area contributed by atoms with Gasteiger partial charge in [-0.1, -0.05) is 185 Å². The van der Waals surface area contributed by atoms with Gasteiger partial charge in [0.05, 0.1) is 5.69 Å². The lowest BCUT2D eigenvalue weighted by molar-refractivity contribution is 0.666. The summed E-state index contributed by atoms with van der Waals surface area (Å²) in [6.45, 7) is 9.51. The molecular weight excluding hydrogens is 797 g/mol. The Bertz CT molecular complexity index is 3770. The topological polar surface area (TPSA) is 6.48 Å². The summed E-state index contributed by atoms with van der Waals surface area (Å²) in [5.74, 6) is 0. The van der Waals surface area contributed by atoms with Crippen molar-refractivity contribution in [2.75, 3.05) is 9.80 Å². The minimum absolute atomic E-state index is 0.104. The quantitative estimate of drug-likeness (QED) is 0.154. The van der Waals surface area contributed by atoms with Crippen LogP contribution in [0.2, 0.25) is 0 Å². The molecule has 0 aromatic heterocycles. The lowest BCUT2D eigenvalue weighted by atomic mass is 9.80. The van der Waals surface area contributed by atoms with Crippen LogP contribution in [0.1, 0.15) is 49.9 Å². The number of nitrogens with zero attached hydrogens (tertiary/aromatic N) is 2. The van der Waals surface area contributed by atoms with Gasteiger partial charge in [0.25, 0.3) is 0 Å². The van der Waals surface area contributed by atoms with Crippen LogP contribution < -0.4 is 9.80 Å². The summed E-state index contributed by atoms with van der Waals surface area (Å²) in [5, 5.41) is 9.92. The average molecular weight is 845 g/mol. The first-order valence-corrected chi connectivity index (χ1v) is 23.3. The van der Waals surface area contributed by atoms with E-state index in [4.69, 9.17) is 0 Å². The number of anilines is 6. The van der Waals surface area contributed by atoms with E-state index in [2.05, 4.69) is 256 Å². The molecule has 0 amide bonds. The summed E-state index contributed by atoms with van der Waals surface area (Å²) in [4.78, 5) is 4.93. The Hall–Kier alpha value is -7.94. The third-order valence-corrected chi connectivity index (χ3v) is 14.9. The van der Waals surface area contributed by atoms with Gasteiger partial charge in [0.15, 0.2) is 0 Å². The summed E-state index contributed by atoms with van der Waals surface area (Å²) in [5.41, 5.74) is 17.4. The molecule has 0 unspecified atom stereocenters. The van der Waals surface area contributed by atoms with E-state index in [-0.39, 0.29) is 10.8 Å². The van der Waals surface area contributed by atoms with Crippen LogP contribution in [0.15, 0.2) is 218 Å². The van der Waals surface area contributed by atoms with E-state index in [1.54, 1.807) is 0 Å². The normalized spacial score (nSPS) is 14.0. The van der Waals surface area contributed by atoms with E-state index in [1.807, 2.05) is 0 Å². The second kappa shape index (κ2) is 14.3. The van der Waals surface area contributed by atoms with Crippen molar-refractivity contribution in [3.63, 3.8) is 0 Å². The first-order valence-electron chi connectivity index (χ1n) is 23.3. The van der Waals surface area contributed by atoms with Crippen LogP contribution in [0, 0.1) is 0 Å². The molecule has 13 rings (SSSR count). The molecule has 0 saturated carbocycles. The SMILES string of the molecule is CC1(C)c2ccccc2-c2ccc3cc(N(c4ccccc4)c4cc(N(c5ccccc5)c5ccc6c7c(ccc6c5)-c5ccccc5C7(C)C)c5c(ccc6ccccc65)c4)ccc3c21. The second-order valence-corrected chi connectivity index (χ2v) is 19.3. The van der Waals surface area contributed by atoms with E-state index in [9.17, 15) is 0 Å². The minimum Gasteiger partial charge on any atom is -0.310 e. The summed E-state index contributed by atoms with van der Waals surface area (Å²) in [6, 6.07) is 81.4. The van der Waals surface area contributed by atoms with Gasteiger partial charge < -0.3 is 9.80 Å². The smallest absolute Gasteiger partial charge is 0.0567 e. The summed E-state index contributed by atoms with van der Waals surface area (Å²) >= 11 is 0. The molecule has 2 heteroatoms. The van der Waals surface area contributed by atoms with Gasteiger partial charge in [-0.15, -0.1) is 0 Å². The predicted octanol–water partition coefficient (Wildman–Crippen LogP) is 17.9. The zero-order chi connectivity index (χ0) is 44.3. The molecule has 11 aromatic carbocycles. The molecule has 11 aromatic rings. The molecule has 0 N–H and O–H groups in total. The van der Waals surface area contributed by atoms with E-state index in [1.165, 1.54) is 87.6 Å². The van der Waals surface area contributed by atoms with Crippen LogP contribution in [-0.4, -0.2) is 0 Å². The molecular formula is C64H48N2. The lowest BCUT2D eigenvalue weighted by Gasteiger charge is -2.32. The summed E-state index contributed by atoms with van der Waals surface area (Å²) in [6.07, 6.45) is 0. The molecule has 0 heterocycles. The average Bonchev–Trinajstić information content (AvgIpc) is 3.74. The largest absolute Gasteiger partial charge is 0.310 e. The molecule has 0 saturated heterocycles. The molecule has 66 heavy (non-hydrogen) atoms. The highest BCUT2D eigenvalue weighted by Gasteiger charge is 2.38. The Morgan fingerprint density at radius 3 is 1.33 bits per heavy atom. The zero-order valence-corrected chi connectivity index (χ0v) is 37.7. The van der Waals surface area contributed by atoms with E-state index < -0.39 is 0 Å². The highest BCUT2D eigenvalue weighted by molar-refractivity contribution is 6.17. The number of hydrogen-bond acceptors (Lipinski definition) is 2. The van der Waals surface area contributed by atoms with E-state index in [0.29, 0.717) is 0 Å². The third kappa shape index (κ3) is 5.61. The molecule has 0 bridgehead atoms. The maximum absolute atomic E-state index is 2.48. The van der Waals surface area contributed by atoms with Crippen molar-refractivity contribution in [3.8, 4) is 22.3 Å². The Morgan fingerprint density at radius 1 is 0.288 bits per heavy atom. The Morgan fingerprint density at radius 2 is 0.742 bits per heavy atom. The van der Waals surface area contributed by atoms with Gasteiger partial charge in [-0.25, -0.2) is 0 Å². The van der Waals surface area contributed by atoms with Crippen molar-refractivity contribution in [1.29, 1.82) is 0 Å². The fourth-order valence-corrected chi connectivity index (χ4v) is 11.9. The fourth-order valence-electron chi connectivity index (χ4n) is 11.9. The van der Waals surface area contributed by atoms with Crippen molar-refractivity contribution in [1.82, 2.24) is 0 Å². The number of fused-ring (bicyclic) bond motifs is 13. The lowest BCUT2D eigenvalue weighted by Crippen LogP contribution is -2.16. The van der Waals surface area contributed by atoms with Crippen molar-refractivity contribution in [3.05, 3.63) is 241 Å². The van der Waals surface area contributed by atoms with Gasteiger partial charge in [0.1, 0.15) is 0 Å². The summed E-state index contributed by atoms with van der Waals surface area (Å²) in [7, 11) is 0. The summed E-state index contributed by atoms with van der Waals surface area (Å²) < 4.78 is 0. The number of para-hydroxylation sites is 2. The third-order valence-electron chi connectivity index (χ3n) is 14.9. The fraction of sp³-hybridized carbons (Fsp3) is 0.0938.